The van der Waals surface area contributed by atoms with Gasteiger partial charge in [-0.25, -0.2) is 0 Å². The van der Waals surface area contributed by atoms with Gasteiger partial charge in [0.2, 0.25) is 11.8 Å². The summed E-state index contributed by atoms with van der Waals surface area (Å²) in [7, 11) is 0. The highest BCUT2D eigenvalue weighted by Crippen LogP contribution is 2.16. The van der Waals surface area contributed by atoms with E-state index >= 15 is 0 Å². The zero-order valence-electron chi connectivity index (χ0n) is 20.3. The molecule has 8 nitrogen and oxygen atoms in total. The third-order valence-corrected chi connectivity index (χ3v) is 6.00. The number of nitrogens with one attached hydrogen (secondary N) is 1. The molecule has 0 spiro atoms. The maximum atomic E-state index is 13.5. The van der Waals surface area contributed by atoms with Gasteiger partial charge in [0.15, 0.2) is 0 Å². The van der Waals surface area contributed by atoms with E-state index in [1.807, 2.05) is 55.5 Å². The van der Waals surface area contributed by atoms with Gasteiger partial charge < -0.3 is 19.9 Å². The lowest BCUT2D eigenvalue weighted by atomic mass is 10.0. The number of carbonyl (C=O) groups excluding carboxylic acids is 4. The summed E-state index contributed by atoms with van der Waals surface area (Å²) < 4.78 is 4.88. The van der Waals surface area contributed by atoms with Crippen molar-refractivity contribution in [2.45, 2.75) is 45.2 Å². The molecule has 1 fully saturated rings. The van der Waals surface area contributed by atoms with Gasteiger partial charge in [0.1, 0.15) is 6.04 Å². The Bertz CT molecular complexity index is 1010. The van der Waals surface area contributed by atoms with Crippen LogP contribution in [0.5, 0.6) is 0 Å². The van der Waals surface area contributed by atoms with Crippen LogP contribution in [-0.4, -0.2) is 71.8 Å². The summed E-state index contributed by atoms with van der Waals surface area (Å²) in [6.45, 7) is 5.06. The van der Waals surface area contributed by atoms with Gasteiger partial charge in [0, 0.05) is 44.1 Å². The number of esters is 1. The zero-order chi connectivity index (χ0) is 25.2. The van der Waals surface area contributed by atoms with Crippen molar-refractivity contribution >= 4 is 23.7 Å². The predicted molar refractivity (Wildman–Crippen MR) is 131 cm³/mol. The van der Waals surface area contributed by atoms with Crippen LogP contribution < -0.4 is 5.32 Å². The molecule has 1 aliphatic rings. The van der Waals surface area contributed by atoms with Crippen molar-refractivity contribution in [2.75, 3.05) is 26.2 Å². The minimum absolute atomic E-state index is 0.0385. The maximum absolute atomic E-state index is 13.5. The number of rotatable bonds is 9. The molecule has 8 heteroatoms. The van der Waals surface area contributed by atoms with E-state index in [2.05, 4.69) is 5.32 Å². The Morgan fingerprint density at radius 1 is 0.971 bits per heavy atom. The fourth-order valence-corrected chi connectivity index (χ4v) is 4.19. The maximum Gasteiger partial charge on any atom is 0.306 e. The third-order valence-electron chi connectivity index (χ3n) is 6.00. The molecule has 3 rings (SSSR count). The normalized spacial score (nSPS) is 16.3. The number of carbonyl (C=O) groups is 4. The summed E-state index contributed by atoms with van der Waals surface area (Å²) in [5.41, 5.74) is 1.54. The molecule has 0 radical (unpaired) electrons. The van der Waals surface area contributed by atoms with Crippen LogP contribution in [0.15, 0.2) is 60.7 Å². The first-order chi connectivity index (χ1) is 16.9. The molecular weight excluding hydrogens is 446 g/mol. The van der Waals surface area contributed by atoms with Crippen LogP contribution >= 0.6 is 0 Å². The van der Waals surface area contributed by atoms with Crippen molar-refractivity contribution in [3.63, 3.8) is 0 Å². The fraction of sp³-hybridized carbons (Fsp3) is 0.407. The van der Waals surface area contributed by atoms with Gasteiger partial charge >= 0.3 is 5.97 Å². The molecule has 186 valence electrons. The van der Waals surface area contributed by atoms with Gasteiger partial charge in [-0.2, -0.15) is 0 Å². The fourth-order valence-electron chi connectivity index (χ4n) is 4.19. The van der Waals surface area contributed by atoms with E-state index in [9.17, 15) is 19.2 Å². The largest absolute Gasteiger partial charge is 0.466 e. The minimum atomic E-state index is -0.768. The van der Waals surface area contributed by atoms with E-state index in [-0.39, 0.29) is 43.2 Å². The van der Waals surface area contributed by atoms with E-state index in [1.165, 1.54) is 0 Å². The second-order valence-corrected chi connectivity index (χ2v) is 8.61. The standard InChI is InChI=1S/C27H33N3O5/c1-3-35-25(32)15-14-24(31)28-23(18-21-10-6-4-7-11-21)27(34)29-16-17-30(20(2)19-29)26(33)22-12-8-5-9-13-22/h4-13,20,23H,3,14-19H2,1-2H3,(H,28,31). The Morgan fingerprint density at radius 3 is 2.26 bits per heavy atom. The number of hydrogen-bond donors (Lipinski definition) is 1. The molecule has 2 aromatic rings. The summed E-state index contributed by atoms with van der Waals surface area (Å²) in [4.78, 5) is 54.1. The molecule has 35 heavy (non-hydrogen) atoms. The molecule has 3 amide bonds. The van der Waals surface area contributed by atoms with Gasteiger partial charge in [-0.05, 0) is 31.5 Å². The summed E-state index contributed by atoms with van der Waals surface area (Å²) >= 11 is 0. The average Bonchev–Trinajstić information content (AvgIpc) is 2.87. The molecule has 2 unspecified atom stereocenters. The van der Waals surface area contributed by atoms with Gasteiger partial charge in [-0.15, -0.1) is 0 Å². The van der Waals surface area contributed by atoms with E-state index in [0.29, 0.717) is 31.6 Å². The van der Waals surface area contributed by atoms with Gasteiger partial charge in [-0.3, -0.25) is 19.2 Å². The highest BCUT2D eigenvalue weighted by atomic mass is 16.5. The molecule has 0 aliphatic carbocycles. The molecule has 1 aliphatic heterocycles. The number of piperazine rings is 1. The SMILES string of the molecule is CCOC(=O)CCC(=O)NC(Cc1ccccc1)C(=O)N1CCN(C(=O)c2ccccc2)C(C)C1. The molecule has 1 N–H and O–H groups in total. The number of ether oxygens (including phenoxy) is 1. The third kappa shape index (κ3) is 7.40. The summed E-state index contributed by atoms with van der Waals surface area (Å²) in [6, 6.07) is 17.6. The summed E-state index contributed by atoms with van der Waals surface area (Å²) in [5, 5.41) is 2.82. The van der Waals surface area contributed by atoms with Crippen LogP contribution in [-0.2, 0) is 25.5 Å². The van der Waals surface area contributed by atoms with E-state index in [0.717, 1.165) is 5.56 Å². The Morgan fingerprint density at radius 2 is 1.63 bits per heavy atom. The van der Waals surface area contributed by atoms with E-state index in [4.69, 9.17) is 4.74 Å². The van der Waals surface area contributed by atoms with E-state index in [1.54, 1.807) is 28.9 Å². The molecule has 0 saturated carbocycles. The van der Waals surface area contributed by atoms with Gasteiger partial charge in [0.25, 0.3) is 5.91 Å². The second-order valence-electron chi connectivity index (χ2n) is 8.61. The van der Waals surface area contributed by atoms with Crippen LogP contribution in [0.1, 0.15) is 42.6 Å². The van der Waals surface area contributed by atoms with Crippen LogP contribution in [0.4, 0.5) is 0 Å². The first-order valence-corrected chi connectivity index (χ1v) is 12.0. The molecule has 0 aromatic heterocycles. The average molecular weight is 480 g/mol. The zero-order valence-corrected chi connectivity index (χ0v) is 20.3. The summed E-state index contributed by atoms with van der Waals surface area (Å²) in [5.74, 6) is -1.07. The Labute approximate surface area is 206 Å². The van der Waals surface area contributed by atoms with Crippen molar-refractivity contribution in [2.24, 2.45) is 0 Å². The Balaban J connectivity index is 1.66. The number of benzene rings is 2. The Hall–Kier alpha value is -3.68. The number of amides is 3. The quantitative estimate of drug-likeness (QED) is 0.558. The monoisotopic (exact) mass is 479 g/mol. The second kappa shape index (κ2) is 12.7. The predicted octanol–water partition coefficient (Wildman–Crippen LogP) is 2.43. The topological polar surface area (TPSA) is 96.0 Å². The van der Waals surface area contributed by atoms with Crippen molar-refractivity contribution in [1.82, 2.24) is 15.1 Å². The summed E-state index contributed by atoms with van der Waals surface area (Å²) in [6.07, 6.45) is 0.249. The highest BCUT2D eigenvalue weighted by Gasteiger charge is 2.33. The van der Waals surface area contributed by atoms with Crippen molar-refractivity contribution in [1.29, 1.82) is 0 Å². The lowest BCUT2D eigenvalue weighted by molar-refractivity contribution is -0.144. The van der Waals surface area contributed by atoms with Crippen LogP contribution in [0, 0.1) is 0 Å². The molecule has 2 atom stereocenters. The smallest absolute Gasteiger partial charge is 0.306 e. The van der Waals surface area contributed by atoms with Crippen LogP contribution in [0.2, 0.25) is 0 Å². The van der Waals surface area contributed by atoms with Gasteiger partial charge in [0.05, 0.1) is 13.0 Å². The first kappa shape index (κ1) is 25.9. The minimum Gasteiger partial charge on any atom is -0.466 e. The van der Waals surface area contributed by atoms with Crippen molar-refractivity contribution in [3.05, 3.63) is 71.8 Å². The molecule has 2 aromatic carbocycles. The number of nitrogens with zero attached hydrogens (tertiary/aromatic N) is 2. The van der Waals surface area contributed by atoms with Crippen LogP contribution in [0.25, 0.3) is 0 Å². The van der Waals surface area contributed by atoms with Crippen molar-refractivity contribution < 1.29 is 23.9 Å². The molecule has 1 saturated heterocycles. The molecule has 1 heterocycles. The Kier molecular flexibility index (Phi) is 9.40. The first-order valence-electron chi connectivity index (χ1n) is 12.0. The molecular formula is C27H33N3O5. The molecule has 0 bridgehead atoms. The highest BCUT2D eigenvalue weighted by molar-refractivity contribution is 5.95. The van der Waals surface area contributed by atoms with E-state index < -0.39 is 12.0 Å². The lowest BCUT2D eigenvalue weighted by Crippen LogP contribution is -2.59. The van der Waals surface area contributed by atoms with Crippen molar-refractivity contribution in [3.8, 4) is 0 Å². The van der Waals surface area contributed by atoms with Crippen LogP contribution in [0.3, 0.4) is 0 Å². The lowest BCUT2D eigenvalue weighted by Gasteiger charge is -2.41. The van der Waals surface area contributed by atoms with Gasteiger partial charge in [-0.1, -0.05) is 48.5 Å². The number of hydrogen-bond acceptors (Lipinski definition) is 5.